The van der Waals surface area contributed by atoms with Crippen molar-refractivity contribution in [2.45, 2.75) is 45.9 Å². The van der Waals surface area contributed by atoms with Crippen LogP contribution in [0.1, 0.15) is 32.9 Å². The van der Waals surface area contributed by atoms with Gasteiger partial charge in [-0.2, -0.15) is 5.10 Å². The molecule has 0 spiro atoms. The average molecular weight is 264 g/mol. The van der Waals surface area contributed by atoms with Crippen molar-refractivity contribution < 1.29 is 4.74 Å². The predicted molar refractivity (Wildman–Crippen MR) is 76.3 cm³/mol. The van der Waals surface area contributed by atoms with E-state index < -0.39 is 0 Å². The van der Waals surface area contributed by atoms with Gasteiger partial charge in [-0.15, -0.1) is 5.10 Å². The molecule has 0 aromatic carbocycles. The fourth-order valence-electron chi connectivity index (χ4n) is 2.32. The normalized spacial score (nSPS) is 23.6. The maximum atomic E-state index is 5.71. The van der Waals surface area contributed by atoms with Gasteiger partial charge in [0.1, 0.15) is 0 Å². The molecule has 0 radical (unpaired) electrons. The largest absolute Gasteiger partial charge is 0.375 e. The first kappa shape index (κ1) is 14.2. The summed E-state index contributed by atoms with van der Waals surface area (Å²) in [4.78, 5) is 2.32. The predicted octanol–water partition coefficient (Wildman–Crippen LogP) is 1.59. The van der Waals surface area contributed by atoms with Crippen molar-refractivity contribution in [2.75, 3.05) is 24.6 Å². The van der Waals surface area contributed by atoms with Crippen LogP contribution < -0.4 is 10.2 Å². The Hall–Kier alpha value is -1.20. The maximum Gasteiger partial charge on any atom is 0.151 e. The lowest BCUT2D eigenvalue weighted by Gasteiger charge is -2.38. The van der Waals surface area contributed by atoms with Gasteiger partial charge >= 0.3 is 0 Å². The number of rotatable bonds is 5. The summed E-state index contributed by atoms with van der Waals surface area (Å²) in [5.41, 5.74) is 0.986. The highest BCUT2D eigenvalue weighted by atomic mass is 16.5. The summed E-state index contributed by atoms with van der Waals surface area (Å²) in [6.45, 7) is 9.76. The Labute approximate surface area is 115 Å². The molecular formula is C14H24N4O. The van der Waals surface area contributed by atoms with Crippen LogP contribution in [0.4, 0.5) is 5.82 Å². The molecule has 1 N–H and O–H groups in total. The van der Waals surface area contributed by atoms with Gasteiger partial charge in [0.15, 0.2) is 5.82 Å². The van der Waals surface area contributed by atoms with Crippen molar-refractivity contribution in [3.8, 4) is 0 Å². The van der Waals surface area contributed by atoms with E-state index in [9.17, 15) is 0 Å². The van der Waals surface area contributed by atoms with E-state index in [1.807, 2.05) is 0 Å². The van der Waals surface area contributed by atoms with Gasteiger partial charge < -0.3 is 15.0 Å². The standard InChI is InChI=1S/C14H24N4O/c1-4-13-10-19-11(3)9-18(13)14-7-6-12(16-17-14)8-15-5-2/h6-7,11,13,15H,4-5,8-10H2,1-3H3. The molecule has 2 atom stereocenters. The molecule has 1 saturated heterocycles. The summed E-state index contributed by atoms with van der Waals surface area (Å²) in [6.07, 6.45) is 1.32. The van der Waals surface area contributed by atoms with E-state index in [0.717, 1.165) is 44.2 Å². The van der Waals surface area contributed by atoms with Crippen LogP contribution in [0.25, 0.3) is 0 Å². The Morgan fingerprint density at radius 1 is 1.37 bits per heavy atom. The van der Waals surface area contributed by atoms with Crippen LogP contribution in [0.3, 0.4) is 0 Å². The average Bonchev–Trinajstić information content (AvgIpc) is 2.45. The van der Waals surface area contributed by atoms with E-state index >= 15 is 0 Å². The molecule has 19 heavy (non-hydrogen) atoms. The molecule has 0 amide bonds. The summed E-state index contributed by atoms with van der Waals surface area (Å²) < 4.78 is 5.71. The molecule has 5 heteroatoms. The van der Waals surface area contributed by atoms with Crippen molar-refractivity contribution in [1.82, 2.24) is 15.5 Å². The van der Waals surface area contributed by atoms with Crippen LogP contribution in [-0.2, 0) is 11.3 Å². The number of nitrogens with one attached hydrogen (secondary N) is 1. The third-order valence-corrected chi connectivity index (χ3v) is 3.50. The number of hydrogen-bond donors (Lipinski definition) is 1. The third kappa shape index (κ3) is 3.64. The molecular weight excluding hydrogens is 240 g/mol. The Balaban J connectivity index is 2.06. The number of aromatic nitrogens is 2. The molecule has 2 rings (SSSR count). The molecule has 0 bridgehead atoms. The molecule has 5 nitrogen and oxygen atoms in total. The highest BCUT2D eigenvalue weighted by molar-refractivity contribution is 5.39. The molecule has 0 aliphatic carbocycles. The fourth-order valence-corrected chi connectivity index (χ4v) is 2.32. The number of ether oxygens (including phenoxy) is 1. The summed E-state index contributed by atoms with van der Waals surface area (Å²) >= 11 is 0. The van der Waals surface area contributed by atoms with E-state index in [1.165, 1.54) is 0 Å². The number of morpholine rings is 1. The summed E-state index contributed by atoms with van der Waals surface area (Å²) in [6, 6.07) is 4.53. The molecule has 1 aliphatic rings. The topological polar surface area (TPSA) is 50.3 Å². The Morgan fingerprint density at radius 3 is 2.84 bits per heavy atom. The van der Waals surface area contributed by atoms with Crippen LogP contribution in [0, 0.1) is 0 Å². The van der Waals surface area contributed by atoms with Gasteiger partial charge in [0.25, 0.3) is 0 Å². The monoisotopic (exact) mass is 264 g/mol. The number of hydrogen-bond acceptors (Lipinski definition) is 5. The van der Waals surface area contributed by atoms with Gasteiger partial charge in [0.2, 0.25) is 0 Å². The molecule has 1 aromatic heterocycles. The van der Waals surface area contributed by atoms with Gasteiger partial charge in [-0.05, 0) is 32.0 Å². The first-order valence-corrected chi connectivity index (χ1v) is 7.16. The zero-order valence-electron chi connectivity index (χ0n) is 12.1. The summed E-state index contributed by atoms with van der Waals surface area (Å²) in [7, 11) is 0. The van der Waals surface area contributed by atoms with Gasteiger partial charge in [0.05, 0.1) is 24.4 Å². The van der Waals surface area contributed by atoms with Crippen LogP contribution in [-0.4, -0.2) is 42.0 Å². The van der Waals surface area contributed by atoms with Gasteiger partial charge in [-0.3, -0.25) is 0 Å². The second-order valence-corrected chi connectivity index (χ2v) is 5.02. The fraction of sp³-hybridized carbons (Fsp3) is 0.714. The lowest BCUT2D eigenvalue weighted by Crippen LogP contribution is -2.49. The third-order valence-electron chi connectivity index (χ3n) is 3.50. The molecule has 1 aliphatic heterocycles. The van der Waals surface area contributed by atoms with Crippen LogP contribution >= 0.6 is 0 Å². The first-order valence-electron chi connectivity index (χ1n) is 7.16. The lowest BCUT2D eigenvalue weighted by atomic mass is 10.1. The SMILES string of the molecule is CCNCc1ccc(N2CC(C)OCC2CC)nn1. The van der Waals surface area contributed by atoms with E-state index in [4.69, 9.17) is 4.74 Å². The zero-order valence-corrected chi connectivity index (χ0v) is 12.1. The van der Waals surface area contributed by atoms with Crippen molar-refractivity contribution in [1.29, 1.82) is 0 Å². The van der Waals surface area contributed by atoms with Gasteiger partial charge in [-0.1, -0.05) is 13.8 Å². The van der Waals surface area contributed by atoms with Gasteiger partial charge in [0, 0.05) is 13.1 Å². The molecule has 1 fully saturated rings. The van der Waals surface area contributed by atoms with E-state index in [1.54, 1.807) is 0 Å². The molecule has 1 aromatic rings. The highest BCUT2D eigenvalue weighted by Gasteiger charge is 2.26. The van der Waals surface area contributed by atoms with Gasteiger partial charge in [-0.25, -0.2) is 0 Å². The molecule has 0 saturated carbocycles. The Kier molecular flexibility index (Phi) is 5.10. The lowest BCUT2D eigenvalue weighted by molar-refractivity contribution is 0.0295. The van der Waals surface area contributed by atoms with Crippen LogP contribution in [0.5, 0.6) is 0 Å². The molecule has 2 heterocycles. The van der Waals surface area contributed by atoms with Crippen molar-refractivity contribution in [3.63, 3.8) is 0 Å². The van der Waals surface area contributed by atoms with Crippen molar-refractivity contribution in [2.24, 2.45) is 0 Å². The zero-order chi connectivity index (χ0) is 13.7. The molecule has 106 valence electrons. The van der Waals surface area contributed by atoms with Crippen molar-refractivity contribution >= 4 is 5.82 Å². The minimum atomic E-state index is 0.256. The summed E-state index contributed by atoms with van der Waals surface area (Å²) in [5, 5.41) is 11.9. The Morgan fingerprint density at radius 2 is 2.21 bits per heavy atom. The minimum absolute atomic E-state index is 0.256. The van der Waals surface area contributed by atoms with E-state index in [0.29, 0.717) is 6.04 Å². The second-order valence-electron chi connectivity index (χ2n) is 5.02. The number of nitrogens with zero attached hydrogens (tertiary/aromatic N) is 3. The van der Waals surface area contributed by atoms with Crippen LogP contribution in [0.15, 0.2) is 12.1 Å². The van der Waals surface area contributed by atoms with E-state index in [2.05, 4.69) is 53.3 Å². The summed E-state index contributed by atoms with van der Waals surface area (Å²) in [5.74, 6) is 0.960. The first-order chi connectivity index (χ1) is 9.24. The number of anilines is 1. The highest BCUT2D eigenvalue weighted by Crippen LogP contribution is 2.20. The Bertz CT molecular complexity index is 382. The molecule has 2 unspecified atom stereocenters. The smallest absolute Gasteiger partial charge is 0.151 e. The minimum Gasteiger partial charge on any atom is -0.375 e. The second kappa shape index (κ2) is 6.82. The van der Waals surface area contributed by atoms with Crippen LogP contribution in [0.2, 0.25) is 0 Å². The van der Waals surface area contributed by atoms with E-state index in [-0.39, 0.29) is 6.10 Å². The maximum absolute atomic E-state index is 5.71. The van der Waals surface area contributed by atoms with Crippen molar-refractivity contribution in [3.05, 3.63) is 17.8 Å². The quantitative estimate of drug-likeness (QED) is 0.875.